The van der Waals surface area contributed by atoms with Crippen LogP contribution in [-0.2, 0) is 15.7 Å². The summed E-state index contributed by atoms with van der Waals surface area (Å²) in [5.41, 5.74) is -2.57. The molecule has 10 heteroatoms. The first-order chi connectivity index (χ1) is 14.5. The second-order valence-corrected chi connectivity index (χ2v) is 8.49. The van der Waals surface area contributed by atoms with Crippen LogP contribution in [0.1, 0.15) is 36.3 Å². The summed E-state index contributed by atoms with van der Waals surface area (Å²) >= 11 is 0. The highest BCUT2D eigenvalue weighted by Gasteiger charge is 2.48. The number of ether oxygens (including phenoxy) is 1. The number of aromatic nitrogens is 2. The van der Waals surface area contributed by atoms with Crippen molar-refractivity contribution in [3.8, 4) is 6.07 Å². The maximum absolute atomic E-state index is 13.2. The van der Waals surface area contributed by atoms with Gasteiger partial charge < -0.3 is 9.64 Å². The van der Waals surface area contributed by atoms with Crippen LogP contribution in [0.15, 0.2) is 36.2 Å². The Kier molecular flexibility index (Phi) is 4.70. The number of halogens is 3. The minimum Gasteiger partial charge on any atom is -0.367 e. The Morgan fingerprint density at radius 3 is 2.74 bits per heavy atom. The molecule has 1 atom stereocenters. The minimum atomic E-state index is -4.56. The molecule has 0 bridgehead atoms. The fourth-order valence-corrected chi connectivity index (χ4v) is 4.30. The van der Waals surface area contributed by atoms with E-state index in [1.165, 1.54) is 23.2 Å². The first-order valence-electron chi connectivity index (χ1n) is 9.61. The Labute approximate surface area is 175 Å². The average molecular weight is 432 g/mol. The van der Waals surface area contributed by atoms with Crippen molar-refractivity contribution in [3.63, 3.8) is 0 Å². The lowest BCUT2D eigenvalue weighted by molar-refractivity contribution is -0.138. The molecule has 2 aromatic rings. The molecule has 31 heavy (non-hydrogen) atoms. The van der Waals surface area contributed by atoms with Crippen LogP contribution in [0.4, 0.5) is 13.2 Å². The van der Waals surface area contributed by atoms with E-state index in [0.29, 0.717) is 0 Å². The van der Waals surface area contributed by atoms with E-state index >= 15 is 0 Å². The molecule has 3 heterocycles. The van der Waals surface area contributed by atoms with E-state index in [1.807, 2.05) is 6.07 Å². The summed E-state index contributed by atoms with van der Waals surface area (Å²) in [6.45, 7) is 3.88. The Balaban J connectivity index is 1.68. The molecule has 162 valence electrons. The molecule has 1 unspecified atom stereocenters. The first kappa shape index (κ1) is 21.1. The van der Waals surface area contributed by atoms with Gasteiger partial charge in [-0.05, 0) is 24.6 Å². The zero-order valence-electron chi connectivity index (χ0n) is 16.9. The van der Waals surface area contributed by atoms with Gasteiger partial charge in [0.1, 0.15) is 23.0 Å². The van der Waals surface area contributed by atoms with Gasteiger partial charge in [-0.2, -0.15) is 18.4 Å². The summed E-state index contributed by atoms with van der Waals surface area (Å²) < 4.78 is 46.4. The molecule has 1 fully saturated rings. The standard InChI is InChI=1S/C21H19F3N4O3/c1-19(2)11-20(7-13(8-25)17(19)29)12-27(5-6-31-20)18(30)15-9-26-16-4-3-14(10-28(15)16)21(22,23)24/h3-4,7,9-10H,5-6,11-12H2,1-2H3. The number of amides is 1. The van der Waals surface area contributed by atoms with Crippen LogP contribution in [0, 0.1) is 16.7 Å². The zero-order valence-corrected chi connectivity index (χ0v) is 16.9. The lowest BCUT2D eigenvalue weighted by atomic mass is 9.69. The monoisotopic (exact) mass is 432 g/mol. The van der Waals surface area contributed by atoms with E-state index in [9.17, 15) is 28.0 Å². The lowest BCUT2D eigenvalue weighted by Crippen LogP contribution is -2.57. The molecule has 1 saturated heterocycles. The number of hydrogen-bond acceptors (Lipinski definition) is 5. The normalized spacial score (nSPS) is 23.7. The molecule has 2 aliphatic rings. The number of allylic oxidation sites excluding steroid dienone is 1. The van der Waals surface area contributed by atoms with Gasteiger partial charge in [-0.3, -0.25) is 14.0 Å². The van der Waals surface area contributed by atoms with Crippen molar-refractivity contribution in [1.82, 2.24) is 14.3 Å². The average Bonchev–Trinajstić information content (AvgIpc) is 3.12. The van der Waals surface area contributed by atoms with Crippen LogP contribution >= 0.6 is 0 Å². The minimum absolute atomic E-state index is 0.00576. The number of fused-ring (bicyclic) bond motifs is 1. The number of nitrogens with zero attached hydrogens (tertiary/aromatic N) is 4. The highest BCUT2D eigenvalue weighted by molar-refractivity contribution is 6.04. The molecule has 0 radical (unpaired) electrons. The summed E-state index contributed by atoms with van der Waals surface area (Å²) in [5.74, 6) is -0.787. The molecule has 0 aromatic carbocycles. The number of imidazole rings is 1. The third kappa shape index (κ3) is 3.59. The van der Waals surface area contributed by atoms with Gasteiger partial charge in [0.15, 0.2) is 5.78 Å². The fraction of sp³-hybridized carbons (Fsp3) is 0.429. The van der Waals surface area contributed by atoms with Crippen molar-refractivity contribution >= 4 is 17.3 Å². The largest absolute Gasteiger partial charge is 0.417 e. The Morgan fingerprint density at radius 1 is 1.32 bits per heavy atom. The second kappa shape index (κ2) is 6.92. The van der Waals surface area contributed by atoms with Gasteiger partial charge in [-0.15, -0.1) is 0 Å². The Bertz CT molecular complexity index is 1160. The molecule has 1 amide bonds. The number of pyridine rings is 1. The van der Waals surface area contributed by atoms with Crippen LogP contribution in [0.25, 0.3) is 5.65 Å². The highest BCUT2D eigenvalue weighted by Crippen LogP contribution is 2.41. The second-order valence-electron chi connectivity index (χ2n) is 8.49. The van der Waals surface area contributed by atoms with E-state index in [1.54, 1.807) is 13.8 Å². The number of Topliss-reactive ketones (excluding diaryl/α,β-unsaturated/α-hetero) is 1. The van der Waals surface area contributed by atoms with E-state index in [-0.39, 0.29) is 48.8 Å². The number of morpholine rings is 1. The zero-order chi connectivity index (χ0) is 22.6. The van der Waals surface area contributed by atoms with Gasteiger partial charge >= 0.3 is 6.18 Å². The number of carbonyl (C=O) groups is 2. The van der Waals surface area contributed by atoms with E-state index in [0.717, 1.165) is 16.7 Å². The molecule has 4 rings (SSSR count). The van der Waals surface area contributed by atoms with Gasteiger partial charge in [0, 0.05) is 18.2 Å². The Hall–Kier alpha value is -3.19. The van der Waals surface area contributed by atoms with Crippen molar-refractivity contribution in [3.05, 3.63) is 47.4 Å². The van der Waals surface area contributed by atoms with Crippen molar-refractivity contribution in [2.75, 3.05) is 19.7 Å². The number of carbonyl (C=O) groups excluding carboxylic acids is 2. The van der Waals surface area contributed by atoms with Crippen LogP contribution in [0.2, 0.25) is 0 Å². The van der Waals surface area contributed by atoms with Crippen molar-refractivity contribution < 1.29 is 27.5 Å². The van der Waals surface area contributed by atoms with E-state index in [2.05, 4.69) is 4.98 Å². The van der Waals surface area contributed by atoms with Crippen molar-refractivity contribution in [1.29, 1.82) is 5.26 Å². The van der Waals surface area contributed by atoms with Crippen LogP contribution in [-0.4, -0.2) is 51.3 Å². The van der Waals surface area contributed by atoms with Crippen molar-refractivity contribution in [2.24, 2.45) is 5.41 Å². The number of hydrogen-bond donors (Lipinski definition) is 0. The summed E-state index contributed by atoms with van der Waals surface area (Å²) in [4.78, 5) is 31.1. The highest BCUT2D eigenvalue weighted by atomic mass is 19.4. The molecule has 2 aromatic heterocycles. The molecule has 0 saturated carbocycles. The van der Waals surface area contributed by atoms with Gasteiger partial charge in [0.05, 0.1) is 30.5 Å². The molecular formula is C21H19F3N4O3. The molecule has 7 nitrogen and oxygen atoms in total. The quantitative estimate of drug-likeness (QED) is 0.691. The third-order valence-electron chi connectivity index (χ3n) is 5.68. The topological polar surface area (TPSA) is 87.7 Å². The number of nitriles is 1. The summed E-state index contributed by atoms with van der Waals surface area (Å²) in [5, 5.41) is 9.36. The maximum Gasteiger partial charge on any atom is 0.417 e. The SMILES string of the molecule is CC1(C)CC2(C=C(C#N)C1=O)CN(C(=O)c1cnc3ccc(C(F)(F)F)cn13)CCO2. The summed E-state index contributed by atoms with van der Waals surface area (Å²) in [7, 11) is 0. The lowest BCUT2D eigenvalue weighted by Gasteiger charge is -2.46. The van der Waals surface area contributed by atoms with Gasteiger partial charge in [0.25, 0.3) is 5.91 Å². The molecule has 0 N–H and O–H groups in total. The van der Waals surface area contributed by atoms with Gasteiger partial charge in [-0.1, -0.05) is 13.8 Å². The smallest absolute Gasteiger partial charge is 0.367 e. The molecule has 1 aliphatic carbocycles. The predicted molar refractivity (Wildman–Crippen MR) is 102 cm³/mol. The molecule has 1 aliphatic heterocycles. The predicted octanol–water partition coefficient (Wildman–Crippen LogP) is 3.01. The van der Waals surface area contributed by atoms with E-state index < -0.39 is 28.7 Å². The van der Waals surface area contributed by atoms with Crippen molar-refractivity contribution in [2.45, 2.75) is 32.0 Å². The Morgan fingerprint density at radius 2 is 2.06 bits per heavy atom. The van der Waals surface area contributed by atoms with Crippen LogP contribution in [0.3, 0.4) is 0 Å². The van der Waals surface area contributed by atoms with E-state index in [4.69, 9.17) is 4.74 Å². The third-order valence-corrected chi connectivity index (χ3v) is 5.68. The first-order valence-corrected chi connectivity index (χ1v) is 9.61. The van der Waals surface area contributed by atoms with Crippen LogP contribution in [0.5, 0.6) is 0 Å². The summed E-state index contributed by atoms with van der Waals surface area (Å²) in [6, 6.07) is 4.02. The summed E-state index contributed by atoms with van der Waals surface area (Å²) in [6.07, 6.45) is -0.720. The number of alkyl halides is 3. The molecule has 1 spiro atoms. The number of rotatable bonds is 1. The van der Waals surface area contributed by atoms with Gasteiger partial charge in [-0.25, -0.2) is 4.98 Å². The molecular weight excluding hydrogens is 413 g/mol. The fourth-order valence-electron chi connectivity index (χ4n) is 4.30. The number of ketones is 1. The maximum atomic E-state index is 13.2. The van der Waals surface area contributed by atoms with Gasteiger partial charge in [0.2, 0.25) is 0 Å². The van der Waals surface area contributed by atoms with Crippen LogP contribution < -0.4 is 0 Å².